The van der Waals surface area contributed by atoms with E-state index >= 15 is 0 Å². The van der Waals surface area contributed by atoms with E-state index in [0.29, 0.717) is 24.1 Å². The highest BCUT2D eigenvalue weighted by atomic mass is 16.6. The number of rotatable bonds is 6. The molecule has 0 bridgehead atoms. The number of nitro groups is 1. The molecule has 2 N–H and O–H groups in total. The van der Waals surface area contributed by atoms with Crippen molar-refractivity contribution in [3.8, 4) is 5.69 Å². The van der Waals surface area contributed by atoms with Crippen LogP contribution in [0.1, 0.15) is 42.5 Å². The van der Waals surface area contributed by atoms with Crippen LogP contribution in [0.5, 0.6) is 0 Å². The van der Waals surface area contributed by atoms with Crippen LogP contribution in [0, 0.1) is 10.1 Å². The van der Waals surface area contributed by atoms with Gasteiger partial charge in [-0.3, -0.25) is 19.7 Å². The molecule has 0 atom stereocenters. The number of nitrogens with zero attached hydrogens (tertiary/aromatic N) is 3. The molecule has 1 aromatic heterocycles. The number of amides is 1. The Bertz CT molecular complexity index is 837. The number of carbonyl (C=O) groups excluding carboxylic acids is 1. The molecule has 2 aromatic rings. The van der Waals surface area contributed by atoms with E-state index in [0.717, 1.165) is 12.8 Å². The van der Waals surface area contributed by atoms with Gasteiger partial charge in [0.25, 0.3) is 11.6 Å². The van der Waals surface area contributed by atoms with Crippen molar-refractivity contribution in [2.75, 3.05) is 0 Å². The predicted molar refractivity (Wildman–Crippen MR) is 91.1 cm³/mol. The number of aromatic nitrogens is 2. The molecule has 1 aliphatic rings. The number of nitro benzene ring substituents is 1. The standard InChI is InChI=1S/C17H18N4O5/c22-15(23)9-17(7-1-2-8-17)19-16(24)12-10-18-20(11-12)13-3-5-14(6-4-13)21(25)26/h3-6,10-11H,1-2,7-9H2,(H,19,24)(H,22,23). The van der Waals surface area contributed by atoms with Gasteiger partial charge in [-0.25, -0.2) is 4.68 Å². The number of non-ortho nitro benzene ring substituents is 1. The second kappa shape index (κ2) is 6.95. The minimum Gasteiger partial charge on any atom is -0.481 e. The van der Waals surface area contributed by atoms with Crippen LogP contribution in [0.3, 0.4) is 0 Å². The number of carbonyl (C=O) groups is 2. The lowest BCUT2D eigenvalue weighted by molar-refractivity contribution is -0.384. The molecule has 1 aliphatic carbocycles. The fraction of sp³-hybridized carbons (Fsp3) is 0.353. The topological polar surface area (TPSA) is 127 Å². The average molecular weight is 358 g/mol. The van der Waals surface area contributed by atoms with Crippen molar-refractivity contribution in [2.24, 2.45) is 0 Å². The average Bonchev–Trinajstić information content (AvgIpc) is 3.24. The zero-order valence-electron chi connectivity index (χ0n) is 13.9. The van der Waals surface area contributed by atoms with E-state index in [1.54, 1.807) is 0 Å². The lowest BCUT2D eigenvalue weighted by atomic mass is 9.93. The Morgan fingerprint density at radius 1 is 1.27 bits per heavy atom. The van der Waals surface area contributed by atoms with Crippen molar-refractivity contribution in [1.29, 1.82) is 0 Å². The Kier molecular flexibility index (Phi) is 4.70. The highest BCUT2D eigenvalue weighted by molar-refractivity contribution is 5.94. The lowest BCUT2D eigenvalue weighted by Gasteiger charge is -2.28. The van der Waals surface area contributed by atoms with Gasteiger partial charge < -0.3 is 10.4 Å². The van der Waals surface area contributed by atoms with Crippen molar-refractivity contribution in [1.82, 2.24) is 15.1 Å². The Morgan fingerprint density at radius 2 is 1.92 bits per heavy atom. The third kappa shape index (κ3) is 3.71. The summed E-state index contributed by atoms with van der Waals surface area (Å²) in [7, 11) is 0. The second-order valence-electron chi connectivity index (χ2n) is 6.46. The number of hydrogen-bond acceptors (Lipinski definition) is 5. The summed E-state index contributed by atoms with van der Waals surface area (Å²) < 4.78 is 1.44. The molecule has 9 heteroatoms. The molecule has 1 aromatic carbocycles. The molecule has 1 fully saturated rings. The molecule has 0 unspecified atom stereocenters. The Morgan fingerprint density at radius 3 is 2.50 bits per heavy atom. The molecule has 1 heterocycles. The third-order valence-corrected chi connectivity index (χ3v) is 4.60. The van der Waals surface area contributed by atoms with Gasteiger partial charge in [-0.15, -0.1) is 0 Å². The van der Waals surface area contributed by atoms with E-state index in [4.69, 9.17) is 5.11 Å². The van der Waals surface area contributed by atoms with Crippen molar-refractivity contribution >= 4 is 17.6 Å². The molecule has 0 aliphatic heterocycles. The van der Waals surface area contributed by atoms with Gasteiger partial charge >= 0.3 is 5.97 Å². The number of aliphatic carboxylic acids is 1. The molecule has 0 spiro atoms. The summed E-state index contributed by atoms with van der Waals surface area (Å²) in [6, 6.07) is 5.79. The summed E-state index contributed by atoms with van der Waals surface area (Å²) in [6.07, 6.45) is 5.85. The van der Waals surface area contributed by atoms with Crippen molar-refractivity contribution in [2.45, 2.75) is 37.6 Å². The van der Waals surface area contributed by atoms with Crippen LogP contribution in [0.4, 0.5) is 5.69 Å². The Balaban J connectivity index is 1.75. The van der Waals surface area contributed by atoms with Crippen molar-refractivity contribution in [3.63, 3.8) is 0 Å². The van der Waals surface area contributed by atoms with Gasteiger partial charge in [0.1, 0.15) is 0 Å². The van der Waals surface area contributed by atoms with E-state index in [1.807, 2.05) is 0 Å². The van der Waals surface area contributed by atoms with Gasteiger partial charge in [0, 0.05) is 18.3 Å². The minimum atomic E-state index is -0.936. The van der Waals surface area contributed by atoms with Crippen molar-refractivity contribution < 1.29 is 19.6 Å². The van der Waals surface area contributed by atoms with E-state index in [1.165, 1.54) is 41.3 Å². The maximum atomic E-state index is 12.5. The summed E-state index contributed by atoms with van der Waals surface area (Å²) >= 11 is 0. The molecule has 136 valence electrons. The molecule has 1 saturated carbocycles. The summed E-state index contributed by atoms with van der Waals surface area (Å²) in [5.74, 6) is -1.31. The first-order valence-electron chi connectivity index (χ1n) is 8.22. The van der Waals surface area contributed by atoms with Crippen LogP contribution in [0.25, 0.3) is 5.69 Å². The van der Waals surface area contributed by atoms with E-state index in [-0.39, 0.29) is 18.0 Å². The van der Waals surface area contributed by atoms with Crippen LogP contribution in [-0.4, -0.2) is 37.2 Å². The number of benzene rings is 1. The molecule has 1 amide bonds. The maximum Gasteiger partial charge on any atom is 0.305 e. The normalized spacial score (nSPS) is 15.5. The first-order valence-corrected chi connectivity index (χ1v) is 8.22. The monoisotopic (exact) mass is 358 g/mol. The minimum absolute atomic E-state index is 0.0317. The molecular weight excluding hydrogens is 340 g/mol. The highest BCUT2D eigenvalue weighted by Crippen LogP contribution is 2.33. The van der Waals surface area contributed by atoms with Gasteiger partial charge in [-0.05, 0) is 25.0 Å². The zero-order chi connectivity index (χ0) is 18.7. The first kappa shape index (κ1) is 17.6. The Labute approximate surface area is 148 Å². The lowest BCUT2D eigenvalue weighted by Crippen LogP contribution is -2.47. The molecule has 26 heavy (non-hydrogen) atoms. The Hall–Kier alpha value is -3.23. The molecule has 0 saturated heterocycles. The fourth-order valence-corrected chi connectivity index (χ4v) is 3.31. The summed E-state index contributed by atoms with van der Waals surface area (Å²) in [4.78, 5) is 33.9. The molecule has 0 radical (unpaired) electrons. The van der Waals surface area contributed by atoms with Crippen LogP contribution in [0.15, 0.2) is 36.7 Å². The fourth-order valence-electron chi connectivity index (χ4n) is 3.31. The third-order valence-electron chi connectivity index (χ3n) is 4.60. The summed E-state index contributed by atoms with van der Waals surface area (Å²) in [6.45, 7) is 0. The van der Waals surface area contributed by atoms with Gasteiger partial charge in [-0.1, -0.05) is 12.8 Å². The van der Waals surface area contributed by atoms with Crippen LogP contribution >= 0.6 is 0 Å². The number of carboxylic acid groups (broad SMARTS) is 1. The maximum absolute atomic E-state index is 12.5. The summed E-state index contributed by atoms with van der Waals surface area (Å²) in [5, 5.41) is 26.8. The van der Waals surface area contributed by atoms with Crippen LogP contribution in [-0.2, 0) is 4.79 Å². The van der Waals surface area contributed by atoms with Crippen LogP contribution in [0.2, 0.25) is 0 Å². The van der Waals surface area contributed by atoms with Crippen molar-refractivity contribution in [3.05, 3.63) is 52.3 Å². The molecule has 3 rings (SSSR count). The smallest absolute Gasteiger partial charge is 0.305 e. The van der Waals surface area contributed by atoms with E-state index in [9.17, 15) is 19.7 Å². The van der Waals surface area contributed by atoms with Gasteiger partial charge in [0.05, 0.1) is 34.3 Å². The first-order chi connectivity index (χ1) is 12.4. The van der Waals surface area contributed by atoms with Gasteiger partial charge in [0.2, 0.25) is 0 Å². The molecule has 9 nitrogen and oxygen atoms in total. The SMILES string of the molecule is O=C(O)CC1(NC(=O)c2cnn(-c3ccc([N+](=O)[O-])cc3)c2)CCCC1. The van der Waals surface area contributed by atoms with E-state index in [2.05, 4.69) is 10.4 Å². The number of nitrogens with one attached hydrogen (secondary N) is 1. The van der Waals surface area contributed by atoms with E-state index < -0.39 is 16.4 Å². The van der Waals surface area contributed by atoms with Gasteiger partial charge in [0.15, 0.2) is 0 Å². The number of hydrogen-bond donors (Lipinski definition) is 2. The quantitative estimate of drug-likeness (QED) is 0.602. The van der Waals surface area contributed by atoms with Crippen LogP contribution < -0.4 is 5.32 Å². The zero-order valence-corrected chi connectivity index (χ0v) is 13.9. The molecular formula is C17H18N4O5. The number of carboxylic acids is 1. The second-order valence-corrected chi connectivity index (χ2v) is 6.46. The predicted octanol–water partition coefficient (Wildman–Crippen LogP) is 2.30. The largest absolute Gasteiger partial charge is 0.481 e. The summed E-state index contributed by atoms with van der Waals surface area (Å²) in [5.41, 5.74) is 0.143. The van der Waals surface area contributed by atoms with Gasteiger partial charge in [-0.2, -0.15) is 5.10 Å². The highest BCUT2D eigenvalue weighted by Gasteiger charge is 2.37.